The lowest BCUT2D eigenvalue weighted by Crippen LogP contribution is -2.65. The van der Waals surface area contributed by atoms with Gasteiger partial charge in [0, 0.05) is 11.8 Å². The predicted octanol–water partition coefficient (Wildman–Crippen LogP) is 5.14. The van der Waals surface area contributed by atoms with E-state index in [1.54, 1.807) is 0 Å². The maximum absolute atomic E-state index is 14.6. The molecule has 4 aliphatic rings. The van der Waals surface area contributed by atoms with Crippen LogP contribution < -0.4 is 0 Å². The minimum absolute atomic E-state index is 0.191. The molecular formula is C12H14Br2F4. The van der Waals surface area contributed by atoms with Crippen LogP contribution in [0.15, 0.2) is 0 Å². The molecule has 0 aromatic heterocycles. The minimum atomic E-state index is -3.14. The summed E-state index contributed by atoms with van der Waals surface area (Å²) in [7, 11) is 0. The van der Waals surface area contributed by atoms with Gasteiger partial charge in [0.1, 0.15) is 15.1 Å². The Kier molecular flexibility index (Phi) is 2.77. The largest absolute Gasteiger partial charge is 0.275 e. The van der Waals surface area contributed by atoms with Crippen LogP contribution in [0.2, 0.25) is 0 Å². The molecule has 0 nitrogen and oxygen atoms in total. The lowest BCUT2D eigenvalue weighted by atomic mass is 9.46. The zero-order chi connectivity index (χ0) is 13.4. The van der Waals surface area contributed by atoms with Crippen molar-refractivity contribution in [2.45, 2.75) is 59.5 Å². The molecule has 0 saturated heterocycles. The molecule has 4 rings (SSSR count). The van der Waals surface area contributed by atoms with Crippen molar-refractivity contribution in [1.82, 2.24) is 0 Å². The van der Waals surface area contributed by atoms with E-state index in [0.29, 0.717) is 0 Å². The van der Waals surface area contributed by atoms with Gasteiger partial charge in [0.2, 0.25) is 0 Å². The number of hydrogen-bond acceptors (Lipinski definition) is 0. The fourth-order valence-corrected chi connectivity index (χ4v) is 5.78. The van der Waals surface area contributed by atoms with Crippen LogP contribution in [0.25, 0.3) is 0 Å². The quantitative estimate of drug-likeness (QED) is 0.450. The molecule has 0 unspecified atom stereocenters. The van der Waals surface area contributed by atoms with E-state index in [1.807, 2.05) is 0 Å². The van der Waals surface area contributed by atoms with Gasteiger partial charge in [-0.05, 0) is 38.0 Å². The summed E-state index contributed by atoms with van der Waals surface area (Å²) in [5.41, 5.74) is -4.99. The Labute approximate surface area is 120 Å². The summed E-state index contributed by atoms with van der Waals surface area (Å²) in [6, 6.07) is 0. The highest BCUT2D eigenvalue weighted by atomic mass is 79.9. The number of halogens is 6. The van der Waals surface area contributed by atoms with Gasteiger partial charge in [-0.3, -0.25) is 0 Å². The van der Waals surface area contributed by atoms with Crippen molar-refractivity contribution in [2.24, 2.45) is 11.3 Å². The average molecular weight is 394 g/mol. The van der Waals surface area contributed by atoms with Gasteiger partial charge in [0.25, 0.3) is 5.92 Å². The second-order valence-electron chi connectivity index (χ2n) is 6.51. The van der Waals surface area contributed by atoms with E-state index in [2.05, 4.69) is 31.9 Å². The zero-order valence-electron chi connectivity index (χ0n) is 9.67. The van der Waals surface area contributed by atoms with Crippen LogP contribution in [0, 0.1) is 11.3 Å². The van der Waals surface area contributed by atoms with Crippen LogP contribution in [0.4, 0.5) is 17.6 Å². The fraction of sp³-hybridized carbons (Fsp3) is 1.00. The molecule has 2 atom stereocenters. The van der Waals surface area contributed by atoms with Crippen molar-refractivity contribution in [1.29, 1.82) is 0 Å². The molecule has 4 fully saturated rings. The summed E-state index contributed by atoms with van der Waals surface area (Å²) >= 11 is 5.69. The first-order valence-corrected chi connectivity index (χ1v) is 7.97. The third-order valence-electron chi connectivity index (χ3n) is 4.91. The van der Waals surface area contributed by atoms with E-state index in [1.165, 1.54) is 0 Å². The zero-order valence-corrected chi connectivity index (χ0v) is 12.8. The first kappa shape index (κ1) is 13.7. The van der Waals surface area contributed by atoms with Crippen LogP contribution in [-0.2, 0) is 0 Å². The van der Waals surface area contributed by atoms with Gasteiger partial charge in [0.15, 0.2) is 0 Å². The van der Waals surface area contributed by atoms with E-state index in [0.717, 1.165) is 0 Å². The van der Waals surface area contributed by atoms with Gasteiger partial charge < -0.3 is 0 Å². The van der Waals surface area contributed by atoms with Crippen LogP contribution in [0.3, 0.4) is 0 Å². The molecular weight excluding hydrogens is 380 g/mol. The lowest BCUT2D eigenvalue weighted by molar-refractivity contribution is -0.248. The summed E-state index contributed by atoms with van der Waals surface area (Å²) in [5.74, 6) is -3.37. The Morgan fingerprint density at radius 1 is 0.944 bits per heavy atom. The standard InChI is InChI=1S/C12H14Br2F4/c13-8(14)12(17,18)9-1-7-2-10(15,4-9)6-11(16,3-7)5-9/h7-8H,1-6H2/t7?,9?,10-,11-/m1/s1. The van der Waals surface area contributed by atoms with E-state index in [-0.39, 0.29) is 44.4 Å². The van der Waals surface area contributed by atoms with E-state index in [9.17, 15) is 17.6 Å². The highest BCUT2D eigenvalue weighted by Crippen LogP contribution is 2.70. The van der Waals surface area contributed by atoms with Crippen molar-refractivity contribution >= 4 is 31.9 Å². The van der Waals surface area contributed by atoms with Crippen LogP contribution in [0.5, 0.6) is 0 Å². The minimum Gasteiger partial charge on any atom is -0.244 e. The highest BCUT2D eigenvalue weighted by molar-refractivity contribution is 9.24. The molecule has 0 aromatic rings. The van der Waals surface area contributed by atoms with Crippen LogP contribution in [0.1, 0.15) is 38.5 Å². The summed E-state index contributed by atoms with van der Waals surface area (Å²) in [4.78, 5) is 0. The Morgan fingerprint density at radius 2 is 1.44 bits per heavy atom. The van der Waals surface area contributed by atoms with Crippen LogP contribution >= 0.6 is 31.9 Å². The molecule has 104 valence electrons. The van der Waals surface area contributed by atoms with Gasteiger partial charge in [-0.2, -0.15) is 0 Å². The number of alkyl halides is 6. The molecule has 0 amide bonds. The molecule has 4 aliphatic carbocycles. The lowest BCUT2D eigenvalue weighted by Gasteiger charge is -2.63. The second-order valence-corrected chi connectivity index (χ2v) is 9.57. The Morgan fingerprint density at radius 3 is 1.83 bits per heavy atom. The number of rotatable bonds is 2. The van der Waals surface area contributed by atoms with Gasteiger partial charge in [-0.15, -0.1) is 0 Å². The molecule has 0 aliphatic heterocycles. The summed E-state index contributed by atoms with van der Waals surface area (Å²) < 4.78 is 56.7. The molecule has 18 heavy (non-hydrogen) atoms. The monoisotopic (exact) mass is 392 g/mol. The molecule has 6 heteroatoms. The maximum Gasteiger partial charge on any atom is 0.275 e. The Balaban J connectivity index is 2.04. The van der Waals surface area contributed by atoms with Crippen molar-refractivity contribution in [3.8, 4) is 0 Å². The Bertz CT molecular complexity index is 366. The molecule has 0 N–H and O–H groups in total. The molecule has 0 aromatic carbocycles. The summed E-state index contributed by atoms with van der Waals surface area (Å²) in [6.07, 6.45) is 0.151. The SMILES string of the molecule is FC(F)(C(Br)Br)C12CC3C[C@@](F)(C1)C[C@@](F)(C3)C2. The topological polar surface area (TPSA) is 0 Å². The fourth-order valence-electron chi connectivity index (χ4n) is 4.81. The van der Waals surface area contributed by atoms with E-state index < -0.39 is 26.4 Å². The smallest absolute Gasteiger partial charge is 0.244 e. The van der Waals surface area contributed by atoms with Gasteiger partial charge >= 0.3 is 0 Å². The molecule has 0 radical (unpaired) electrons. The second kappa shape index (κ2) is 3.66. The van der Waals surface area contributed by atoms with Crippen LogP contribution in [-0.4, -0.2) is 21.0 Å². The van der Waals surface area contributed by atoms with Gasteiger partial charge in [-0.1, -0.05) is 31.9 Å². The third kappa shape index (κ3) is 1.73. The van der Waals surface area contributed by atoms with Crippen molar-refractivity contribution in [3.63, 3.8) is 0 Å². The molecule has 0 heterocycles. The summed E-state index contributed by atoms with van der Waals surface area (Å²) in [6.45, 7) is 0. The maximum atomic E-state index is 14.6. The first-order chi connectivity index (χ1) is 8.10. The highest BCUT2D eigenvalue weighted by Gasteiger charge is 2.72. The average Bonchev–Trinajstić information content (AvgIpc) is 2.10. The van der Waals surface area contributed by atoms with Crippen molar-refractivity contribution in [2.75, 3.05) is 0 Å². The van der Waals surface area contributed by atoms with Gasteiger partial charge in [-0.25, -0.2) is 17.6 Å². The molecule has 4 saturated carbocycles. The third-order valence-corrected chi connectivity index (χ3v) is 6.06. The number of hydrogen-bond donors (Lipinski definition) is 0. The molecule has 0 spiro atoms. The van der Waals surface area contributed by atoms with Crippen molar-refractivity contribution < 1.29 is 17.6 Å². The van der Waals surface area contributed by atoms with Crippen molar-refractivity contribution in [3.05, 3.63) is 0 Å². The van der Waals surface area contributed by atoms with E-state index in [4.69, 9.17) is 0 Å². The normalized spacial score (nSPS) is 51.2. The predicted molar refractivity (Wildman–Crippen MR) is 67.9 cm³/mol. The first-order valence-electron chi connectivity index (χ1n) is 6.14. The summed E-state index contributed by atoms with van der Waals surface area (Å²) in [5, 5.41) is 0. The molecule has 4 bridgehead atoms. The van der Waals surface area contributed by atoms with E-state index >= 15 is 0 Å². The van der Waals surface area contributed by atoms with Gasteiger partial charge in [0.05, 0.1) is 0 Å². The Hall–Kier alpha value is 0.680.